The fraction of sp³-hybridized carbons (Fsp3) is 0.750. The average molecular weight is 473 g/mol. The molecule has 0 aromatic heterocycles. The van der Waals surface area contributed by atoms with Crippen LogP contribution in [0, 0.1) is 5.92 Å². The first-order chi connectivity index (χ1) is 11.5. The van der Waals surface area contributed by atoms with Crippen LogP contribution in [0.2, 0.25) is 0 Å². The number of carbonyl (C=O) groups excluding carboxylic acids is 2. The van der Waals surface area contributed by atoms with Gasteiger partial charge in [-0.2, -0.15) is 0 Å². The van der Waals surface area contributed by atoms with Crippen molar-refractivity contribution in [3.63, 3.8) is 0 Å². The third-order valence-electron chi connectivity index (χ3n) is 2.88. The second-order valence-corrected chi connectivity index (χ2v) is 10.8. The van der Waals surface area contributed by atoms with Gasteiger partial charge in [-0.3, -0.25) is 4.79 Å². The molecule has 4 atom stereocenters. The first kappa shape index (κ1) is 23.4. The van der Waals surface area contributed by atoms with Gasteiger partial charge in [-0.25, -0.2) is 4.79 Å². The summed E-state index contributed by atoms with van der Waals surface area (Å²) in [6.45, 7) is 0.704. The molecule has 1 fully saturated rings. The maximum absolute atomic E-state index is 11.7. The van der Waals surface area contributed by atoms with Crippen molar-refractivity contribution >= 4 is 86.1 Å². The minimum Gasteiger partial charge on any atom is -0.430 e. The number of aliphatic hydroxyl groups is 2. The number of nitrogens with one attached hydrogen (secondary N) is 1. The Balaban J connectivity index is 2.43. The highest BCUT2D eigenvalue weighted by molar-refractivity contribution is 8.47. The Morgan fingerprint density at radius 1 is 1.48 bits per heavy atom. The molecule has 0 aromatic carbocycles. The number of β-lactam (4-membered cyclic amide) rings is 1. The van der Waals surface area contributed by atoms with Crippen LogP contribution in [-0.4, -0.2) is 66.1 Å². The van der Waals surface area contributed by atoms with Gasteiger partial charge in [-0.1, -0.05) is 58.8 Å². The van der Waals surface area contributed by atoms with E-state index in [1.807, 2.05) is 0 Å². The molecule has 1 rings (SSSR count). The summed E-state index contributed by atoms with van der Waals surface area (Å²) in [4.78, 5) is 23.3. The van der Waals surface area contributed by atoms with Crippen LogP contribution in [0.1, 0.15) is 6.92 Å². The molecule has 0 bridgehead atoms. The fourth-order valence-corrected chi connectivity index (χ4v) is 4.46. The molecular weight excluding hydrogens is 457 g/mol. The zero-order valence-corrected chi connectivity index (χ0v) is 17.5. The van der Waals surface area contributed by atoms with E-state index in [2.05, 4.69) is 10.1 Å². The van der Waals surface area contributed by atoms with Crippen LogP contribution in [-0.2, 0) is 14.3 Å². The summed E-state index contributed by atoms with van der Waals surface area (Å²) in [6.07, 6.45) is -2.69. The summed E-state index contributed by atoms with van der Waals surface area (Å²) in [7, 11) is 0. The Hall–Kier alpha value is 0.320. The molecule has 1 amide bonds. The third-order valence-corrected chi connectivity index (χ3v) is 6.14. The van der Waals surface area contributed by atoms with Crippen molar-refractivity contribution in [1.82, 2.24) is 5.32 Å². The number of aliphatic hydroxyl groups excluding tert-OH is 2. The van der Waals surface area contributed by atoms with E-state index in [9.17, 15) is 14.7 Å². The van der Waals surface area contributed by atoms with Crippen LogP contribution in [0.25, 0.3) is 0 Å². The van der Waals surface area contributed by atoms with Gasteiger partial charge >= 0.3 is 6.16 Å². The molecule has 25 heavy (non-hydrogen) atoms. The Bertz CT molecular complexity index is 507. The fourth-order valence-electron chi connectivity index (χ4n) is 1.68. The summed E-state index contributed by atoms with van der Waals surface area (Å²) in [6, 6.07) is 0. The molecule has 0 saturated carbocycles. The SMILES string of the molecule is CC(OC(=O)OCC(Cl)(Cl)Cl)[C@@H]1C(=O)N[C@@H]1SC(=S)SCC(O)CO. The van der Waals surface area contributed by atoms with Gasteiger partial charge in [0.05, 0.1) is 18.1 Å². The average Bonchev–Trinajstić information content (AvgIpc) is 2.48. The van der Waals surface area contributed by atoms with Gasteiger partial charge in [-0.05, 0) is 6.92 Å². The van der Waals surface area contributed by atoms with Gasteiger partial charge in [0.15, 0.2) is 0 Å². The first-order valence-electron chi connectivity index (χ1n) is 6.86. The Morgan fingerprint density at radius 3 is 2.64 bits per heavy atom. The minimum atomic E-state index is -1.75. The Labute approximate surface area is 173 Å². The molecule has 2 unspecified atom stereocenters. The van der Waals surface area contributed by atoms with Crippen LogP contribution < -0.4 is 5.32 Å². The molecule has 0 aromatic rings. The summed E-state index contributed by atoms with van der Waals surface area (Å²) < 4.78 is 8.39. The first-order valence-corrected chi connectivity index (χ1v) is 10.3. The molecule has 3 N–H and O–H groups in total. The number of hydrogen-bond donors (Lipinski definition) is 3. The molecule has 1 aliphatic heterocycles. The molecule has 1 heterocycles. The smallest absolute Gasteiger partial charge is 0.430 e. The molecule has 144 valence electrons. The number of thioether (sulfide) groups is 2. The van der Waals surface area contributed by atoms with Crippen molar-refractivity contribution in [3.8, 4) is 0 Å². The monoisotopic (exact) mass is 471 g/mol. The molecular formula is C12H16Cl3NO6S3. The largest absolute Gasteiger partial charge is 0.508 e. The quantitative estimate of drug-likeness (QED) is 0.222. The maximum atomic E-state index is 11.7. The van der Waals surface area contributed by atoms with Crippen LogP contribution in [0.5, 0.6) is 0 Å². The molecule has 1 aliphatic rings. The number of hydrogen-bond acceptors (Lipinski definition) is 9. The van der Waals surface area contributed by atoms with Crippen LogP contribution in [0.3, 0.4) is 0 Å². The standard InChI is InChI=1S/C12H16Cl3NO6S3/c1-5(22-10(20)21-4-12(13,14)15)7-8(19)16-9(7)25-11(23)24-3-6(18)2-17/h5-7,9,17-18H,2-4H2,1H3,(H,16,19)/t5?,6?,7-,9-/m1/s1. The van der Waals surface area contributed by atoms with Crippen LogP contribution in [0.15, 0.2) is 0 Å². The van der Waals surface area contributed by atoms with Gasteiger partial charge < -0.3 is 25.0 Å². The van der Waals surface area contributed by atoms with E-state index in [0.29, 0.717) is 3.53 Å². The van der Waals surface area contributed by atoms with Crippen molar-refractivity contribution in [2.45, 2.75) is 28.3 Å². The van der Waals surface area contributed by atoms with Gasteiger partial charge in [-0.15, -0.1) is 11.8 Å². The van der Waals surface area contributed by atoms with Gasteiger partial charge in [0.2, 0.25) is 9.70 Å². The molecule has 0 aliphatic carbocycles. The van der Waals surface area contributed by atoms with Crippen molar-refractivity contribution < 1.29 is 29.3 Å². The molecule has 13 heteroatoms. The number of halogens is 3. The topological polar surface area (TPSA) is 105 Å². The number of thiocarbonyl (C=S) groups is 1. The summed E-state index contributed by atoms with van der Waals surface area (Å²) in [5.41, 5.74) is 0. The highest BCUT2D eigenvalue weighted by Crippen LogP contribution is 2.34. The number of alkyl halides is 3. The second kappa shape index (κ2) is 10.6. The number of ether oxygens (including phenoxy) is 2. The lowest BCUT2D eigenvalue weighted by Crippen LogP contribution is -2.61. The normalized spacial score (nSPS) is 22.4. The maximum Gasteiger partial charge on any atom is 0.508 e. The third kappa shape index (κ3) is 8.70. The van der Waals surface area contributed by atoms with Crippen molar-refractivity contribution in [2.24, 2.45) is 5.92 Å². The number of amides is 1. The lowest BCUT2D eigenvalue weighted by atomic mass is 9.96. The van der Waals surface area contributed by atoms with Crippen molar-refractivity contribution in [3.05, 3.63) is 0 Å². The molecule has 0 radical (unpaired) electrons. The van der Waals surface area contributed by atoms with Gasteiger partial charge in [0.1, 0.15) is 22.2 Å². The Kier molecular flexibility index (Phi) is 9.91. The summed E-state index contributed by atoms with van der Waals surface area (Å²) >= 11 is 23.9. The number of carbonyl (C=O) groups is 2. The van der Waals surface area contributed by atoms with Crippen molar-refractivity contribution in [1.29, 1.82) is 0 Å². The van der Waals surface area contributed by atoms with Gasteiger partial charge in [0.25, 0.3) is 0 Å². The van der Waals surface area contributed by atoms with Crippen LogP contribution in [0.4, 0.5) is 4.79 Å². The Morgan fingerprint density at radius 2 is 2.12 bits per heavy atom. The van der Waals surface area contributed by atoms with E-state index in [4.69, 9.17) is 56.9 Å². The van der Waals surface area contributed by atoms with E-state index >= 15 is 0 Å². The van der Waals surface area contributed by atoms with Gasteiger partial charge in [0, 0.05) is 5.75 Å². The lowest BCUT2D eigenvalue weighted by Gasteiger charge is -2.38. The minimum absolute atomic E-state index is 0.239. The molecule has 1 saturated heterocycles. The molecule has 7 nitrogen and oxygen atoms in total. The summed E-state index contributed by atoms with van der Waals surface area (Å²) in [5, 5.41) is 20.3. The predicted octanol–water partition coefficient (Wildman–Crippen LogP) is 2.07. The highest BCUT2D eigenvalue weighted by atomic mass is 35.6. The number of rotatable bonds is 7. The van der Waals surface area contributed by atoms with E-state index in [1.165, 1.54) is 23.5 Å². The van der Waals surface area contributed by atoms with E-state index in [0.717, 1.165) is 0 Å². The van der Waals surface area contributed by atoms with E-state index in [1.54, 1.807) is 6.92 Å². The van der Waals surface area contributed by atoms with E-state index < -0.39 is 34.7 Å². The summed E-state index contributed by atoms with van der Waals surface area (Å²) in [5.74, 6) is -0.669. The predicted molar refractivity (Wildman–Crippen MR) is 103 cm³/mol. The van der Waals surface area contributed by atoms with E-state index in [-0.39, 0.29) is 23.6 Å². The second-order valence-electron chi connectivity index (χ2n) is 4.95. The highest BCUT2D eigenvalue weighted by Gasteiger charge is 2.46. The van der Waals surface area contributed by atoms with Crippen LogP contribution >= 0.6 is 70.5 Å². The lowest BCUT2D eigenvalue weighted by molar-refractivity contribution is -0.137. The molecule has 0 spiro atoms. The van der Waals surface area contributed by atoms with Crippen molar-refractivity contribution in [2.75, 3.05) is 19.0 Å². The zero-order chi connectivity index (χ0) is 19.2. The zero-order valence-electron chi connectivity index (χ0n) is 12.8.